The highest BCUT2D eigenvalue weighted by molar-refractivity contribution is 6.19. The Hall–Kier alpha value is -3.18. The molecule has 4 aromatic rings. The van der Waals surface area contributed by atoms with Crippen LogP contribution in [-0.4, -0.2) is 35.0 Å². The number of H-pyrrole nitrogens is 1. The average molecular weight is 435 g/mol. The third-order valence-electron chi connectivity index (χ3n) is 5.87. The smallest absolute Gasteiger partial charge is 0.274 e. The van der Waals surface area contributed by atoms with Crippen molar-refractivity contribution >= 4 is 44.9 Å². The molecule has 2 heterocycles. The lowest BCUT2D eigenvalue weighted by atomic mass is 9.95. The van der Waals surface area contributed by atoms with Crippen LogP contribution in [0.4, 0.5) is 5.69 Å². The number of hydrogen-bond donors (Lipinski definition) is 2. The molecule has 6 heteroatoms. The third kappa shape index (κ3) is 3.29. The van der Waals surface area contributed by atoms with E-state index in [1.54, 1.807) is 11.0 Å². The number of amides is 1. The quantitative estimate of drug-likeness (QED) is 0.390. The van der Waals surface area contributed by atoms with Crippen molar-refractivity contribution in [2.24, 2.45) is 0 Å². The number of aromatic nitrogens is 1. The zero-order valence-corrected chi connectivity index (χ0v) is 17.9. The van der Waals surface area contributed by atoms with E-state index < -0.39 is 0 Å². The molecule has 1 amide bonds. The van der Waals surface area contributed by atoms with Crippen LogP contribution in [0.2, 0.25) is 0 Å². The molecular weight excluding hydrogens is 412 g/mol. The van der Waals surface area contributed by atoms with Crippen molar-refractivity contribution in [2.75, 3.05) is 23.9 Å². The molecule has 0 bridgehead atoms. The van der Waals surface area contributed by atoms with Gasteiger partial charge in [-0.05, 0) is 41.6 Å². The number of carbonyl (C=O) groups excluding carboxylic acids is 1. The molecule has 0 radical (unpaired) electrons. The maximum Gasteiger partial charge on any atom is 0.274 e. The number of nitrogens with zero attached hydrogens (tertiary/aromatic N) is 1. The second-order valence-electron chi connectivity index (χ2n) is 7.92. The molecule has 1 aliphatic rings. The van der Waals surface area contributed by atoms with E-state index in [2.05, 4.69) is 11.9 Å². The number of ether oxygens (including phenoxy) is 1. The Morgan fingerprint density at radius 3 is 2.77 bits per heavy atom. The van der Waals surface area contributed by atoms with Crippen molar-refractivity contribution in [3.05, 3.63) is 65.9 Å². The van der Waals surface area contributed by atoms with Gasteiger partial charge in [-0.15, -0.1) is 11.6 Å². The first-order valence-corrected chi connectivity index (χ1v) is 11.0. The number of carbonyl (C=O) groups is 1. The minimum atomic E-state index is -0.143. The summed E-state index contributed by atoms with van der Waals surface area (Å²) in [4.78, 5) is 18.4. The van der Waals surface area contributed by atoms with E-state index in [0.29, 0.717) is 24.7 Å². The van der Waals surface area contributed by atoms with E-state index in [1.165, 1.54) is 0 Å². The zero-order valence-electron chi connectivity index (χ0n) is 17.2. The highest BCUT2D eigenvalue weighted by Gasteiger charge is 2.35. The van der Waals surface area contributed by atoms with Gasteiger partial charge in [0.25, 0.3) is 5.91 Å². The molecule has 5 rings (SSSR count). The van der Waals surface area contributed by atoms with E-state index in [4.69, 9.17) is 16.3 Å². The molecule has 3 aromatic carbocycles. The molecule has 5 nitrogen and oxygen atoms in total. The van der Waals surface area contributed by atoms with E-state index in [9.17, 15) is 9.90 Å². The van der Waals surface area contributed by atoms with Crippen molar-refractivity contribution in [1.82, 2.24) is 4.98 Å². The lowest BCUT2D eigenvalue weighted by Crippen LogP contribution is -2.30. The second-order valence-corrected chi connectivity index (χ2v) is 8.23. The Bertz CT molecular complexity index is 1300. The topological polar surface area (TPSA) is 65.6 Å². The van der Waals surface area contributed by atoms with E-state index in [0.717, 1.165) is 45.1 Å². The largest absolute Gasteiger partial charge is 0.507 e. The lowest BCUT2D eigenvalue weighted by molar-refractivity contribution is 0.0984. The first kappa shape index (κ1) is 19.8. The number of rotatable bonds is 5. The van der Waals surface area contributed by atoms with Gasteiger partial charge < -0.3 is 19.7 Å². The van der Waals surface area contributed by atoms with Gasteiger partial charge in [-0.3, -0.25) is 4.79 Å². The third-order valence-corrected chi connectivity index (χ3v) is 6.24. The normalized spacial score (nSPS) is 15.5. The van der Waals surface area contributed by atoms with Gasteiger partial charge >= 0.3 is 0 Å². The minimum absolute atomic E-state index is 0.00421. The Morgan fingerprint density at radius 2 is 2.00 bits per heavy atom. The summed E-state index contributed by atoms with van der Waals surface area (Å²) in [6, 6.07) is 17.0. The number of anilines is 1. The van der Waals surface area contributed by atoms with Crippen LogP contribution in [0.15, 0.2) is 54.6 Å². The summed E-state index contributed by atoms with van der Waals surface area (Å²) >= 11 is 6.29. The lowest BCUT2D eigenvalue weighted by Gasteiger charge is -2.17. The van der Waals surface area contributed by atoms with Gasteiger partial charge in [0.1, 0.15) is 17.2 Å². The molecule has 0 spiro atoms. The molecular formula is C25H23ClN2O3. The molecule has 1 atom stereocenters. The van der Waals surface area contributed by atoms with E-state index in [1.807, 2.05) is 48.5 Å². The number of aromatic amines is 1. The molecule has 0 saturated heterocycles. The maximum atomic E-state index is 13.5. The summed E-state index contributed by atoms with van der Waals surface area (Å²) in [5, 5.41) is 13.2. The first-order chi connectivity index (χ1) is 15.1. The van der Waals surface area contributed by atoms with Crippen molar-refractivity contribution in [2.45, 2.75) is 19.3 Å². The van der Waals surface area contributed by atoms with Gasteiger partial charge in [0, 0.05) is 40.7 Å². The Balaban J connectivity index is 1.55. The monoisotopic (exact) mass is 434 g/mol. The summed E-state index contributed by atoms with van der Waals surface area (Å²) < 4.78 is 5.71. The number of aromatic hydroxyl groups is 1. The molecule has 1 aliphatic heterocycles. The molecule has 2 N–H and O–H groups in total. The summed E-state index contributed by atoms with van der Waals surface area (Å²) in [6.07, 6.45) is 0.937. The van der Waals surface area contributed by atoms with Gasteiger partial charge in [-0.25, -0.2) is 0 Å². The predicted octanol–water partition coefficient (Wildman–Crippen LogP) is 5.80. The average Bonchev–Trinajstić information content (AvgIpc) is 3.38. The fraction of sp³-hybridized carbons (Fsp3) is 0.240. The van der Waals surface area contributed by atoms with Crippen LogP contribution in [0, 0.1) is 0 Å². The van der Waals surface area contributed by atoms with Crippen LogP contribution in [0.5, 0.6) is 11.5 Å². The molecule has 0 aliphatic carbocycles. The Kier molecular flexibility index (Phi) is 4.98. The van der Waals surface area contributed by atoms with Crippen LogP contribution >= 0.6 is 11.6 Å². The molecule has 0 saturated carbocycles. The van der Waals surface area contributed by atoms with E-state index >= 15 is 0 Å². The maximum absolute atomic E-state index is 13.5. The van der Waals surface area contributed by atoms with Crippen molar-refractivity contribution in [3.63, 3.8) is 0 Å². The highest BCUT2D eigenvalue weighted by atomic mass is 35.5. The number of benzene rings is 3. The van der Waals surface area contributed by atoms with Gasteiger partial charge in [0.05, 0.1) is 12.3 Å². The predicted molar refractivity (Wildman–Crippen MR) is 125 cm³/mol. The van der Waals surface area contributed by atoms with Gasteiger partial charge in [0.15, 0.2) is 0 Å². The van der Waals surface area contributed by atoms with Crippen molar-refractivity contribution in [1.29, 1.82) is 0 Å². The van der Waals surface area contributed by atoms with Crippen LogP contribution < -0.4 is 9.64 Å². The van der Waals surface area contributed by atoms with Crippen molar-refractivity contribution < 1.29 is 14.6 Å². The standard InChI is InChI=1S/C25H23ClN2O3/c1-2-9-31-17-7-8-20-15(10-17)11-21(27-20)25(30)28-14-16(13-26)24-19-6-4-3-5-18(19)23(29)12-22(24)28/h3-8,10-12,16,27,29H,2,9,13-14H2,1H3/t16-/m1/s1. The summed E-state index contributed by atoms with van der Waals surface area (Å²) in [5.74, 6) is 1.21. The van der Waals surface area contributed by atoms with Crippen LogP contribution in [0.25, 0.3) is 21.7 Å². The van der Waals surface area contributed by atoms with Crippen molar-refractivity contribution in [3.8, 4) is 11.5 Å². The summed E-state index contributed by atoms with van der Waals surface area (Å²) in [5.41, 5.74) is 3.11. The van der Waals surface area contributed by atoms with E-state index in [-0.39, 0.29) is 17.6 Å². The number of alkyl halides is 1. The molecule has 158 valence electrons. The number of halogens is 1. The fourth-order valence-electron chi connectivity index (χ4n) is 4.43. The molecule has 0 unspecified atom stereocenters. The van der Waals surface area contributed by atoms with Gasteiger partial charge in [-0.1, -0.05) is 31.2 Å². The zero-order chi connectivity index (χ0) is 21.5. The van der Waals surface area contributed by atoms with Crippen LogP contribution in [0.3, 0.4) is 0 Å². The minimum Gasteiger partial charge on any atom is -0.507 e. The Morgan fingerprint density at radius 1 is 1.19 bits per heavy atom. The summed E-state index contributed by atoms with van der Waals surface area (Å²) in [7, 11) is 0. The number of phenolic OH excluding ortho intramolecular Hbond substituents is 1. The fourth-order valence-corrected chi connectivity index (χ4v) is 4.68. The second kappa shape index (κ2) is 7.82. The number of nitrogens with one attached hydrogen (secondary N) is 1. The van der Waals surface area contributed by atoms with Gasteiger partial charge in [-0.2, -0.15) is 0 Å². The van der Waals surface area contributed by atoms with Crippen LogP contribution in [-0.2, 0) is 0 Å². The highest BCUT2D eigenvalue weighted by Crippen LogP contribution is 2.45. The van der Waals surface area contributed by atoms with Crippen LogP contribution in [0.1, 0.15) is 35.3 Å². The number of phenols is 1. The first-order valence-electron chi connectivity index (χ1n) is 10.5. The number of fused-ring (bicyclic) bond motifs is 4. The Labute approximate surface area is 185 Å². The molecule has 31 heavy (non-hydrogen) atoms. The molecule has 0 fully saturated rings. The SMILES string of the molecule is CCCOc1ccc2[nH]c(C(=O)N3C[C@@H](CCl)c4c3cc(O)c3ccccc43)cc2c1. The number of hydrogen-bond acceptors (Lipinski definition) is 3. The molecule has 1 aromatic heterocycles. The van der Waals surface area contributed by atoms with Gasteiger partial charge in [0.2, 0.25) is 0 Å². The summed E-state index contributed by atoms with van der Waals surface area (Å²) in [6.45, 7) is 3.20.